The monoisotopic (exact) mass is 231 g/mol. The molecule has 2 aromatic rings. The lowest BCUT2D eigenvalue weighted by molar-refractivity contribution is 1.04. The van der Waals surface area contributed by atoms with Gasteiger partial charge in [0.05, 0.1) is 10.5 Å². The number of pyridine rings is 1. The van der Waals surface area contributed by atoms with Gasteiger partial charge in [-0.15, -0.1) is 0 Å². The van der Waals surface area contributed by atoms with Crippen molar-refractivity contribution in [2.45, 2.75) is 32.1 Å². The number of rotatable bonds is 2. The maximum atomic E-state index is 6.32. The molecule has 2 heteroatoms. The molecule has 1 heterocycles. The van der Waals surface area contributed by atoms with Crippen LogP contribution in [0.4, 0.5) is 0 Å². The molecule has 1 nitrogen and oxygen atoms in total. The Bertz CT molecular complexity index is 544. The molecule has 1 aliphatic carbocycles. The molecule has 16 heavy (non-hydrogen) atoms. The predicted octanol–water partition coefficient (Wildman–Crippen LogP) is 4.33. The van der Waals surface area contributed by atoms with Crippen LogP contribution in [0.15, 0.2) is 24.3 Å². The number of hydrogen-bond donors (Lipinski definition) is 0. The molecule has 0 bridgehead atoms. The van der Waals surface area contributed by atoms with E-state index in [4.69, 9.17) is 11.6 Å². The van der Waals surface area contributed by atoms with Crippen molar-refractivity contribution in [3.05, 3.63) is 40.5 Å². The summed E-state index contributed by atoms with van der Waals surface area (Å²) in [6.45, 7) is 2.15. The third-order valence-electron chi connectivity index (χ3n) is 3.25. The minimum absolute atomic E-state index is 0.660. The van der Waals surface area contributed by atoms with Crippen LogP contribution < -0.4 is 0 Å². The zero-order valence-electron chi connectivity index (χ0n) is 9.33. The molecule has 1 aromatic carbocycles. The first-order valence-electron chi connectivity index (χ1n) is 5.87. The Labute approximate surface area is 100 Å². The summed E-state index contributed by atoms with van der Waals surface area (Å²) in [7, 11) is 0. The van der Waals surface area contributed by atoms with Gasteiger partial charge < -0.3 is 0 Å². The minimum atomic E-state index is 0.660. The van der Waals surface area contributed by atoms with Crippen molar-refractivity contribution in [1.29, 1.82) is 0 Å². The molecule has 1 aliphatic rings. The van der Waals surface area contributed by atoms with Crippen LogP contribution in [-0.4, -0.2) is 4.98 Å². The van der Waals surface area contributed by atoms with E-state index in [0.717, 1.165) is 22.3 Å². The second-order valence-electron chi connectivity index (χ2n) is 4.51. The van der Waals surface area contributed by atoms with Gasteiger partial charge in [0.15, 0.2) is 0 Å². The topological polar surface area (TPSA) is 12.9 Å². The molecule has 0 saturated heterocycles. The largest absolute Gasteiger partial charge is 0.252 e. The van der Waals surface area contributed by atoms with Crippen molar-refractivity contribution < 1.29 is 0 Å². The minimum Gasteiger partial charge on any atom is -0.252 e. The normalized spacial score (nSPS) is 15.6. The first kappa shape index (κ1) is 10.1. The van der Waals surface area contributed by atoms with Gasteiger partial charge in [0.1, 0.15) is 0 Å². The zero-order chi connectivity index (χ0) is 11.1. The zero-order valence-corrected chi connectivity index (χ0v) is 10.1. The number of aryl methyl sites for hydroxylation is 1. The van der Waals surface area contributed by atoms with Gasteiger partial charge in [0.2, 0.25) is 0 Å². The highest BCUT2D eigenvalue weighted by Gasteiger charge is 2.25. The Kier molecular flexibility index (Phi) is 2.36. The van der Waals surface area contributed by atoms with Crippen LogP contribution in [0.25, 0.3) is 10.9 Å². The smallest absolute Gasteiger partial charge is 0.0720 e. The molecule has 0 radical (unpaired) electrons. The molecule has 0 amide bonds. The summed E-state index contributed by atoms with van der Waals surface area (Å²) in [5, 5.41) is 1.94. The lowest BCUT2D eigenvalue weighted by Gasteiger charge is -2.06. The molecular weight excluding hydrogens is 218 g/mol. The Morgan fingerprint density at radius 1 is 1.31 bits per heavy atom. The molecule has 82 valence electrons. The fourth-order valence-corrected chi connectivity index (χ4v) is 2.32. The van der Waals surface area contributed by atoms with Crippen LogP contribution in [0.3, 0.4) is 0 Å². The van der Waals surface area contributed by atoms with E-state index < -0.39 is 0 Å². The third kappa shape index (κ3) is 1.69. The standard InChI is InChI=1S/C14H14ClN/c1-2-9-3-6-13-11(7-9)12(15)8-14(16-13)10-4-5-10/h3,6-8,10H,2,4-5H2,1H3. The highest BCUT2D eigenvalue weighted by atomic mass is 35.5. The summed E-state index contributed by atoms with van der Waals surface area (Å²) in [4.78, 5) is 4.69. The summed E-state index contributed by atoms with van der Waals surface area (Å²) in [5.74, 6) is 0.660. The fourth-order valence-electron chi connectivity index (χ4n) is 2.06. The van der Waals surface area contributed by atoms with Crippen molar-refractivity contribution in [2.75, 3.05) is 0 Å². The maximum absolute atomic E-state index is 6.32. The van der Waals surface area contributed by atoms with E-state index in [0.29, 0.717) is 5.92 Å². The van der Waals surface area contributed by atoms with Crippen LogP contribution in [0.1, 0.15) is 36.9 Å². The van der Waals surface area contributed by atoms with E-state index >= 15 is 0 Å². The van der Waals surface area contributed by atoms with Crippen molar-refractivity contribution in [1.82, 2.24) is 4.98 Å². The van der Waals surface area contributed by atoms with Gasteiger partial charge in [-0.2, -0.15) is 0 Å². The lowest BCUT2D eigenvalue weighted by atomic mass is 10.1. The van der Waals surface area contributed by atoms with Crippen molar-refractivity contribution >= 4 is 22.5 Å². The van der Waals surface area contributed by atoms with Gasteiger partial charge in [-0.25, -0.2) is 0 Å². The lowest BCUT2D eigenvalue weighted by Crippen LogP contribution is -1.90. The number of benzene rings is 1. The van der Waals surface area contributed by atoms with E-state index in [-0.39, 0.29) is 0 Å². The van der Waals surface area contributed by atoms with Crippen molar-refractivity contribution in [3.63, 3.8) is 0 Å². The summed E-state index contributed by atoms with van der Waals surface area (Å²) < 4.78 is 0. The van der Waals surface area contributed by atoms with E-state index in [1.807, 2.05) is 6.07 Å². The van der Waals surface area contributed by atoms with Gasteiger partial charge in [0, 0.05) is 17.0 Å². The van der Waals surface area contributed by atoms with E-state index in [9.17, 15) is 0 Å². The van der Waals surface area contributed by atoms with Gasteiger partial charge in [0.25, 0.3) is 0 Å². The average Bonchev–Trinajstić information content (AvgIpc) is 3.12. The Hall–Kier alpha value is -1.08. The molecule has 1 aromatic heterocycles. The molecule has 0 atom stereocenters. The number of nitrogens with zero attached hydrogens (tertiary/aromatic N) is 1. The third-order valence-corrected chi connectivity index (χ3v) is 3.56. The summed E-state index contributed by atoms with van der Waals surface area (Å²) in [6, 6.07) is 8.43. The van der Waals surface area contributed by atoms with Crippen LogP contribution in [0.5, 0.6) is 0 Å². The maximum Gasteiger partial charge on any atom is 0.0720 e. The van der Waals surface area contributed by atoms with Crippen LogP contribution in [0, 0.1) is 0 Å². The molecule has 3 rings (SSSR count). The molecular formula is C14H14ClN. The van der Waals surface area contributed by atoms with Gasteiger partial charge in [-0.05, 0) is 43.0 Å². The van der Waals surface area contributed by atoms with Gasteiger partial charge >= 0.3 is 0 Å². The molecule has 1 fully saturated rings. The summed E-state index contributed by atoms with van der Waals surface area (Å²) in [6.07, 6.45) is 3.57. The van der Waals surface area contributed by atoms with E-state index in [1.165, 1.54) is 24.1 Å². The second-order valence-corrected chi connectivity index (χ2v) is 4.92. The van der Waals surface area contributed by atoms with Crippen molar-refractivity contribution in [2.24, 2.45) is 0 Å². The van der Waals surface area contributed by atoms with E-state index in [1.54, 1.807) is 0 Å². The Balaban J connectivity index is 2.19. The number of hydrogen-bond acceptors (Lipinski definition) is 1. The molecule has 0 aliphatic heterocycles. The van der Waals surface area contributed by atoms with Gasteiger partial charge in [-0.3, -0.25) is 4.98 Å². The summed E-state index contributed by atoms with van der Waals surface area (Å²) in [5.41, 5.74) is 3.52. The van der Waals surface area contributed by atoms with Crippen LogP contribution in [0.2, 0.25) is 5.02 Å². The van der Waals surface area contributed by atoms with Crippen LogP contribution in [-0.2, 0) is 6.42 Å². The first-order valence-corrected chi connectivity index (χ1v) is 6.25. The molecule has 0 spiro atoms. The highest BCUT2D eigenvalue weighted by molar-refractivity contribution is 6.35. The highest BCUT2D eigenvalue weighted by Crippen LogP contribution is 2.41. The molecule has 1 saturated carbocycles. The molecule has 0 unspecified atom stereocenters. The van der Waals surface area contributed by atoms with Crippen molar-refractivity contribution in [3.8, 4) is 0 Å². The average molecular weight is 232 g/mol. The first-order chi connectivity index (χ1) is 7.78. The SMILES string of the molecule is CCc1ccc2nc(C3CC3)cc(Cl)c2c1. The number of fused-ring (bicyclic) bond motifs is 1. The van der Waals surface area contributed by atoms with Crippen LogP contribution >= 0.6 is 11.6 Å². The quantitative estimate of drug-likeness (QED) is 0.750. The van der Waals surface area contributed by atoms with Gasteiger partial charge in [-0.1, -0.05) is 24.6 Å². The predicted molar refractivity (Wildman–Crippen MR) is 68.1 cm³/mol. The summed E-state index contributed by atoms with van der Waals surface area (Å²) >= 11 is 6.32. The number of halogens is 1. The molecule has 0 N–H and O–H groups in total. The Morgan fingerprint density at radius 3 is 2.81 bits per heavy atom. The second kappa shape index (κ2) is 3.74. The van der Waals surface area contributed by atoms with E-state index in [2.05, 4.69) is 30.1 Å². The fraction of sp³-hybridized carbons (Fsp3) is 0.357. The Morgan fingerprint density at radius 2 is 2.12 bits per heavy atom. The number of aromatic nitrogens is 1.